The highest BCUT2D eigenvalue weighted by Crippen LogP contribution is 2.30. The van der Waals surface area contributed by atoms with E-state index in [9.17, 15) is 4.79 Å². The highest BCUT2D eigenvalue weighted by molar-refractivity contribution is 5.74. The summed E-state index contributed by atoms with van der Waals surface area (Å²) in [6.45, 7) is 4.51. The van der Waals surface area contributed by atoms with Gasteiger partial charge in [-0.25, -0.2) is 4.79 Å². The van der Waals surface area contributed by atoms with Crippen LogP contribution in [-0.4, -0.2) is 26.3 Å². The number of hydrogen-bond acceptors (Lipinski definition) is 3. The van der Waals surface area contributed by atoms with Gasteiger partial charge < -0.3 is 20.1 Å². The van der Waals surface area contributed by atoms with Crippen LogP contribution in [0.1, 0.15) is 32.3 Å². The van der Waals surface area contributed by atoms with Gasteiger partial charge in [-0.1, -0.05) is 26.0 Å². The maximum absolute atomic E-state index is 11.8. The van der Waals surface area contributed by atoms with Gasteiger partial charge in [0.15, 0.2) is 11.5 Å². The fourth-order valence-corrected chi connectivity index (χ4v) is 2.00. The summed E-state index contributed by atoms with van der Waals surface area (Å²) in [5.41, 5.74) is 0.881. The van der Waals surface area contributed by atoms with Gasteiger partial charge in [-0.3, -0.25) is 0 Å². The molecule has 1 aromatic carbocycles. The lowest BCUT2D eigenvalue weighted by Gasteiger charge is -2.16. The van der Waals surface area contributed by atoms with Gasteiger partial charge in [0.25, 0.3) is 0 Å². The van der Waals surface area contributed by atoms with Crippen LogP contribution in [-0.2, 0) is 6.54 Å². The van der Waals surface area contributed by atoms with Crippen molar-refractivity contribution in [2.24, 2.45) is 0 Å². The van der Waals surface area contributed by atoms with Crippen molar-refractivity contribution in [3.63, 3.8) is 0 Å². The Morgan fingerprint density at radius 3 is 2.45 bits per heavy atom. The third-order valence-corrected chi connectivity index (χ3v) is 3.24. The van der Waals surface area contributed by atoms with E-state index in [0.29, 0.717) is 18.0 Å². The van der Waals surface area contributed by atoms with Crippen molar-refractivity contribution in [2.75, 3.05) is 14.2 Å². The number of methoxy groups -OCH3 is 2. The number of benzene rings is 1. The maximum atomic E-state index is 11.8. The van der Waals surface area contributed by atoms with Crippen molar-refractivity contribution in [1.29, 1.82) is 0 Å². The van der Waals surface area contributed by atoms with Gasteiger partial charge in [-0.05, 0) is 18.9 Å². The Balaban J connectivity index is 2.63. The minimum atomic E-state index is -0.163. The van der Waals surface area contributed by atoms with Gasteiger partial charge >= 0.3 is 6.03 Å². The summed E-state index contributed by atoms with van der Waals surface area (Å²) in [4.78, 5) is 11.8. The second kappa shape index (κ2) is 8.30. The van der Waals surface area contributed by atoms with E-state index >= 15 is 0 Å². The van der Waals surface area contributed by atoms with Crippen LogP contribution >= 0.6 is 0 Å². The van der Waals surface area contributed by atoms with E-state index in [1.807, 2.05) is 18.2 Å². The van der Waals surface area contributed by atoms with Crippen LogP contribution in [0.25, 0.3) is 0 Å². The van der Waals surface area contributed by atoms with Gasteiger partial charge in [0.2, 0.25) is 0 Å². The monoisotopic (exact) mass is 280 g/mol. The molecule has 0 atom stereocenters. The molecule has 0 bridgehead atoms. The molecule has 0 saturated heterocycles. The first-order valence-electron chi connectivity index (χ1n) is 6.90. The van der Waals surface area contributed by atoms with Gasteiger partial charge in [0, 0.05) is 18.2 Å². The summed E-state index contributed by atoms with van der Waals surface area (Å²) < 4.78 is 10.6. The molecule has 0 aromatic heterocycles. The SMILES string of the molecule is CCC(CC)NC(=O)NCc1cccc(OC)c1OC. The van der Waals surface area contributed by atoms with Crippen molar-refractivity contribution in [1.82, 2.24) is 10.6 Å². The van der Waals surface area contributed by atoms with Crippen molar-refractivity contribution in [3.05, 3.63) is 23.8 Å². The number of carbonyl (C=O) groups excluding carboxylic acids is 1. The van der Waals surface area contributed by atoms with E-state index in [2.05, 4.69) is 24.5 Å². The van der Waals surface area contributed by atoms with Crippen LogP contribution in [0, 0.1) is 0 Å². The van der Waals surface area contributed by atoms with Gasteiger partial charge in [0.05, 0.1) is 14.2 Å². The highest BCUT2D eigenvalue weighted by atomic mass is 16.5. The van der Waals surface area contributed by atoms with E-state index in [4.69, 9.17) is 9.47 Å². The molecule has 5 nitrogen and oxygen atoms in total. The predicted octanol–water partition coefficient (Wildman–Crippen LogP) is 2.69. The van der Waals surface area contributed by atoms with Crippen LogP contribution in [0.5, 0.6) is 11.5 Å². The average Bonchev–Trinajstić information content (AvgIpc) is 2.49. The Morgan fingerprint density at radius 2 is 1.90 bits per heavy atom. The van der Waals surface area contributed by atoms with E-state index in [1.54, 1.807) is 14.2 Å². The summed E-state index contributed by atoms with van der Waals surface area (Å²) in [7, 11) is 3.18. The fourth-order valence-electron chi connectivity index (χ4n) is 2.00. The Bertz CT molecular complexity index is 431. The van der Waals surface area contributed by atoms with Crippen LogP contribution in [0.15, 0.2) is 18.2 Å². The quantitative estimate of drug-likeness (QED) is 0.807. The van der Waals surface area contributed by atoms with Gasteiger partial charge in [0.1, 0.15) is 0 Å². The molecule has 0 spiro atoms. The normalized spacial score (nSPS) is 10.2. The smallest absolute Gasteiger partial charge is 0.315 e. The molecule has 20 heavy (non-hydrogen) atoms. The third kappa shape index (κ3) is 4.33. The number of ether oxygens (including phenoxy) is 2. The van der Waals surface area contributed by atoms with E-state index in [1.165, 1.54) is 0 Å². The Kier molecular flexibility index (Phi) is 6.70. The average molecular weight is 280 g/mol. The molecule has 0 aliphatic heterocycles. The van der Waals surface area contributed by atoms with E-state index < -0.39 is 0 Å². The summed E-state index contributed by atoms with van der Waals surface area (Å²) in [6.07, 6.45) is 1.85. The molecule has 0 radical (unpaired) electrons. The second-order valence-corrected chi connectivity index (χ2v) is 4.49. The first-order valence-corrected chi connectivity index (χ1v) is 6.90. The Labute approximate surface area is 120 Å². The lowest BCUT2D eigenvalue weighted by molar-refractivity contribution is 0.235. The highest BCUT2D eigenvalue weighted by Gasteiger charge is 2.11. The zero-order valence-corrected chi connectivity index (χ0v) is 12.7. The number of rotatable bonds is 7. The second-order valence-electron chi connectivity index (χ2n) is 4.49. The maximum Gasteiger partial charge on any atom is 0.315 e. The van der Waals surface area contributed by atoms with E-state index in [0.717, 1.165) is 18.4 Å². The van der Waals surface area contributed by atoms with Crippen molar-refractivity contribution in [2.45, 2.75) is 39.3 Å². The summed E-state index contributed by atoms with van der Waals surface area (Å²) in [5, 5.41) is 5.77. The van der Waals surface area contributed by atoms with Crippen molar-refractivity contribution < 1.29 is 14.3 Å². The molecule has 2 N–H and O–H groups in total. The molecule has 1 rings (SSSR count). The molecule has 1 aromatic rings. The van der Waals surface area contributed by atoms with Crippen LogP contribution < -0.4 is 20.1 Å². The van der Waals surface area contributed by atoms with Gasteiger partial charge in [-0.2, -0.15) is 0 Å². The largest absolute Gasteiger partial charge is 0.493 e. The molecular weight excluding hydrogens is 256 g/mol. The number of carbonyl (C=O) groups is 1. The molecule has 0 aliphatic rings. The molecule has 0 fully saturated rings. The minimum Gasteiger partial charge on any atom is -0.493 e. The Morgan fingerprint density at radius 1 is 1.20 bits per heavy atom. The lowest BCUT2D eigenvalue weighted by Crippen LogP contribution is -2.41. The van der Waals surface area contributed by atoms with Gasteiger partial charge in [-0.15, -0.1) is 0 Å². The summed E-state index contributed by atoms with van der Waals surface area (Å²) >= 11 is 0. The van der Waals surface area contributed by atoms with Crippen LogP contribution in [0.3, 0.4) is 0 Å². The first kappa shape index (κ1) is 16.1. The topological polar surface area (TPSA) is 59.6 Å². The molecule has 112 valence electrons. The summed E-state index contributed by atoms with van der Waals surface area (Å²) in [5.74, 6) is 1.31. The van der Waals surface area contributed by atoms with Crippen LogP contribution in [0.4, 0.5) is 4.79 Å². The van der Waals surface area contributed by atoms with E-state index in [-0.39, 0.29) is 12.1 Å². The molecular formula is C15H24N2O3. The predicted molar refractivity (Wildman–Crippen MR) is 79.3 cm³/mol. The lowest BCUT2D eigenvalue weighted by atomic mass is 10.1. The molecule has 0 saturated carbocycles. The first-order chi connectivity index (χ1) is 9.65. The number of amides is 2. The number of nitrogens with one attached hydrogen (secondary N) is 2. The number of para-hydroxylation sites is 1. The molecule has 0 heterocycles. The Hall–Kier alpha value is -1.91. The van der Waals surface area contributed by atoms with Crippen molar-refractivity contribution >= 4 is 6.03 Å². The summed E-state index contributed by atoms with van der Waals surface area (Å²) in [6, 6.07) is 5.65. The zero-order chi connectivity index (χ0) is 15.0. The zero-order valence-electron chi connectivity index (χ0n) is 12.7. The van der Waals surface area contributed by atoms with Crippen molar-refractivity contribution in [3.8, 4) is 11.5 Å². The fraction of sp³-hybridized carbons (Fsp3) is 0.533. The number of urea groups is 1. The molecule has 2 amide bonds. The minimum absolute atomic E-state index is 0.163. The third-order valence-electron chi connectivity index (χ3n) is 3.24. The standard InChI is InChI=1S/C15H24N2O3/c1-5-12(6-2)17-15(18)16-10-11-8-7-9-13(19-3)14(11)20-4/h7-9,12H,5-6,10H2,1-4H3,(H2,16,17,18). The van der Waals surface area contributed by atoms with Crippen LogP contribution in [0.2, 0.25) is 0 Å². The molecule has 0 aliphatic carbocycles. The molecule has 0 unspecified atom stereocenters. The molecule has 5 heteroatoms. The number of hydrogen-bond donors (Lipinski definition) is 2.